The molecule has 2 aromatic rings. The van der Waals surface area contributed by atoms with Crippen molar-refractivity contribution in [3.8, 4) is 0 Å². The molecule has 1 aromatic heterocycles. The van der Waals surface area contributed by atoms with Crippen LogP contribution in [0.5, 0.6) is 0 Å². The monoisotopic (exact) mass is 338 g/mol. The van der Waals surface area contributed by atoms with Gasteiger partial charge in [0, 0.05) is 45.0 Å². The van der Waals surface area contributed by atoms with Gasteiger partial charge in [0.2, 0.25) is 5.95 Å². The van der Waals surface area contributed by atoms with E-state index in [1.165, 1.54) is 31.4 Å². The Hall–Kier alpha value is -2.37. The Kier molecular flexibility index (Phi) is 4.95. The topological polar surface area (TPSA) is 48.4 Å². The summed E-state index contributed by atoms with van der Waals surface area (Å²) in [6.45, 7) is 6.04. The second-order valence-electron chi connectivity index (χ2n) is 6.83. The Balaban J connectivity index is 1.42. The lowest BCUT2D eigenvalue weighted by Crippen LogP contribution is -2.47. The first-order chi connectivity index (χ1) is 12.4. The van der Waals surface area contributed by atoms with E-state index in [0.29, 0.717) is 0 Å². The van der Waals surface area contributed by atoms with Crippen LogP contribution in [-0.4, -0.2) is 54.4 Å². The lowest BCUT2D eigenvalue weighted by Gasteiger charge is -2.36. The van der Waals surface area contributed by atoms with E-state index in [1.54, 1.807) is 6.20 Å². The molecule has 0 unspecified atom stereocenters. The molecule has 0 amide bonds. The molecule has 2 fully saturated rings. The molecule has 2 aliphatic heterocycles. The van der Waals surface area contributed by atoms with Crippen molar-refractivity contribution >= 4 is 17.5 Å². The summed E-state index contributed by atoms with van der Waals surface area (Å²) in [7, 11) is 0. The van der Waals surface area contributed by atoms with Gasteiger partial charge in [0.05, 0.1) is 6.20 Å². The van der Waals surface area contributed by atoms with E-state index in [0.717, 1.165) is 51.0 Å². The third-order valence-corrected chi connectivity index (χ3v) is 5.15. The molecule has 4 rings (SSSR count). The van der Waals surface area contributed by atoms with Gasteiger partial charge in [0.1, 0.15) is 0 Å². The second-order valence-corrected chi connectivity index (χ2v) is 6.83. The van der Waals surface area contributed by atoms with Crippen LogP contribution < -0.4 is 14.7 Å². The van der Waals surface area contributed by atoms with E-state index < -0.39 is 0 Å². The van der Waals surface area contributed by atoms with E-state index >= 15 is 0 Å². The van der Waals surface area contributed by atoms with Crippen LogP contribution in [0.3, 0.4) is 0 Å². The smallest absolute Gasteiger partial charge is 0.247 e. The van der Waals surface area contributed by atoms with E-state index in [9.17, 15) is 0 Å². The third kappa shape index (κ3) is 3.83. The SMILES string of the molecule is c1ccc(N2CCN(c3cnnc(N4CCCCCC4)n3)CC2)cc1. The fourth-order valence-electron chi connectivity index (χ4n) is 3.68. The van der Waals surface area contributed by atoms with Crippen LogP contribution in [0, 0.1) is 0 Å². The average molecular weight is 338 g/mol. The van der Waals surface area contributed by atoms with Gasteiger partial charge < -0.3 is 14.7 Å². The highest BCUT2D eigenvalue weighted by Gasteiger charge is 2.20. The Labute approximate surface area is 149 Å². The van der Waals surface area contributed by atoms with Gasteiger partial charge in [-0.05, 0) is 25.0 Å². The molecule has 25 heavy (non-hydrogen) atoms. The van der Waals surface area contributed by atoms with Crippen molar-refractivity contribution in [2.45, 2.75) is 25.7 Å². The van der Waals surface area contributed by atoms with Crippen LogP contribution in [0.4, 0.5) is 17.5 Å². The van der Waals surface area contributed by atoms with Crippen LogP contribution in [0.1, 0.15) is 25.7 Å². The van der Waals surface area contributed by atoms with Gasteiger partial charge in [0.15, 0.2) is 5.82 Å². The molecule has 2 aliphatic rings. The van der Waals surface area contributed by atoms with Crippen LogP contribution >= 0.6 is 0 Å². The molecule has 132 valence electrons. The van der Waals surface area contributed by atoms with E-state index in [2.05, 4.69) is 55.2 Å². The summed E-state index contributed by atoms with van der Waals surface area (Å²) < 4.78 is 0. The summed E-state index contributed by atoms with van der Waals surface area (Å²) in [6, 6.07) is 10.6. The molecule has 6 heteroatoms. The molecule has 0 spiro atoms. The number of hydrogen-bond acceptors (Lipinski definition) is 6. The first-order valence-corrected chi connectivity index (χ1v) is 9.40. The number of rotatable bonds is 3. The molecule has 2 saturated heterocycles. The Bertz CT molecular complexity index is 661. The lowest BCUT2D eigenvalue weighted by molar-refractivity contribution is 0.641. The molecule has 3 heterocycles. The van der Waals surface area contributed by atoms with Gasteiger partial charge in [-0.3, -0.25) is 0 Å². The number of hydrogen-bond donors (Lipinski definition) is 0. The van der Waals surface area contributed by atoms with Crippen molar-refractivity contribution in [2.24, 2.45) is 0 Å². The number of anilines is 3. The molecule has 0 aliphatic carbocycles. The fraction of sp³-hybridized carbons (Fsp3) is 0.526. The van der Waals surface area contributed by atoms with Crippen molar-refractivity contribution in [3.05, 3.63) is 36.5 Å². The van der Waals surface area contributed by atoms with Gasteiger partial charge >= 0.3 is 0 Å². The van der Waals surface area contributed by atoms with E-state index in [1.807, 2.05) is 0 Å². The minimum atomic E-state index is 0.796. The first kappa shape index (κ1) is 16.1. The summed E-state index contributed by atoms with van der Waals surface area (Å²) in [5.41, 5.74) is 1.30. The van der Waals surface area contributed by atoms with Crippen LogP contribution in [0.25, 0.3) is 0 Å². The molecule has 0 saturated carbocycles. The van der Waals surface area contributed by atoms with E-state index in [-0.39, 0.29) is 0 Å². The van der Waals surface area contributed by atoms with Gasteiger partial charge in [-0.2, -0.15) is 10.1 Å². The molecule has 6 nitrogen and oxygen atoms in total. The number of piperazine rings is 1. The maximum atomic E-state index is 4.82. The number of para-hydroxylation sites is 1. The normalized spacial score (nSPS) is 19.0. The second kappa shape index (κ2) is 7.68. The van der Waals surface area contributed by atoms with Crippen molar-refractivity contribution in [3.63, 3.8) is 0 Å². The summed E-state index contributed by atoms with van der Waals surface area (Å²) in [5.74, 6) is 1.76. The molecule has 0 atom stereocenters. The molecular formula is C19H26N6. The summed E-state index contributed by atoms with van der Waals surface area (Å²) in [4.78, 5) is 11.9. The summed E-state index contributed by atoms with van der Waals surface area (Å²) in [6.07, 6.45) is 6.88. The van der Waals surface area contributed by atoms with Gasteiger partial charge in [0.25, 0.3) is 0 Å². The Morgan fingerprint density at radius 1 is 0.680 bits per heavy atom. The molecule has 0 bridgehead atoms. The Morgan fingerprint density at radius 3 is 2.08 bits per heavy atom. The van der Waals surface area contributed by atoms with Crippen molar-refractivity contribution in [1.82, 2.24) is 15.2 Å². The van der Waals surface area contributed by atoms with Gasteiger partial charge in [-0.15, -0.1) is 5.10 Å². The minimum absolute atomic E-state index is 0.796. The van der Waals surface area contributed by atoms with Crippen LogP contribution in [0.15, 0.2) is 36.5 Å². The van der Waals surface area contributed by atoms with Crippen molar-refractivity contribution in [1.29, 1.82) is 0 Å². The van der Waals surface area contributed by atoms with Crippen LogP contribution in [-0.2, 0) is 0 Å². The van der Waals surface area contributed by atoms with Crippen molar-refractivity contribution < 1.29 is 0 Å². The number of aromatic nitrogens is 3. The number of benzene rings is 1. The summed E-state index contributed by atoms with van der Waals surface area (Å²) >= 11 is 0. The maximum Gasteiger partial charge on any atom is 0.247 e. The Morgan fingerprint density at radius 2 is 1.36 bits per heavy atom. The zero-order valence-corrected chi connectivity index (χ0v) is 14.7. The van der Waals surface area contributed by atoms with Gasteiger partial charge in [-0.25, -0.2) is 0 Å². The maximum absolute atomic E-state index is 4.82. The van der Waals surface area contributed by atoms with Crippen molar-refractivity contribution in [2.75, 3.05) is 54.0 Å². The first-order valence-electron chi connectivity index (χ1n) is 9.40. The third-order valence-electron chi connectivity index (χ3n) is 5.15. The molecule has 0 radical (unpaired) electrons. The molecule has 0 N–H and O–H groups in total. The van der Waals surface area contributed by atoms with E-state index in [4.69, 9.17) is 4.98 Å². The lowest BCUT2D eigenvalue weighted by atomic mass is 10.2. The molecule has 1 aromatic carbocycles. The average Bonchev–Trinajstić information content (AvgIpc) is 2.99. The van der Waals surface area contributed by atoms with Crippen LogP contribution in [0.2, 0.25) is 0 Å². The quantitative estimate of drug-likeness (QED) is 0.857. The zero-order valence-electron chi connectivity index (χ0n) is 14.7. The fourth-order valence-corrected chi connectivity index (χ4v) is 3.68. The number of nitrogens with zero attached hydrogens (tertiary/aromatic N) is 6. The highest BCUT2D eigenvalue weighted by atomic mass is 15.4. The summed E-state index contributed by atoms with van der Waals surface area (Å²) in [5, 5.41) is 8.52. The zero-order chi connectivity index (χ0) is 16.9. The molecular weight excluding hydrogens is 312 g/mol. The standard InChI is InChI=1S/C19H26N6/c1-2-7-11-25(10-6-1)19-21-18(16-20-22-19)24-14-12-23(13-15-24)17-8-4-3-5-9-17/h3-5,8-9,16H,1-2,6-7,10-15H2. The largest absolute Gasteiger partial charge is 0.368 e. The predicted octanol–water partition coefficient (Wildman–Crippen LogP) is 2.58. The highest BCUT2D eigenvalue weighted by molar-refractivity contribution is 5.49. The minimum Gasteiger partial charge on any atom is -0.368 e. The highest BCUT2D eigenvalue weighted by Crippen LogP contribution is 2.21. The predicted molar refractivity (Wildman–Crippen MR) is 101 cm³/mol. The van der Waals surface area contributed by atoms with Gasteiger partial charge in [-0.1, -0.05) is 31.0 Å².